The quantitative estimate of drug-likeness (QED) is 0.177. The van der Waals surface area contributed by atoms with Gasteiger partial charge in [-0.25, -0.2) is 21.1 Å². The van der Waals surface area contributed by atoms with E-state index < -0.39 is 0 Å². The van der Waals surface area contributed by atoms with Crippen LogP contribution >= 0.6 is 0 Å². The molecule has 0 bridgehead atoms. The van der Waals surface area contributed by atoms with Crippen LogP contribution in [-0.4, -0.2) is 14.5 Å². The normalized spacial score (nSPS) is 11.1. The largest absolute Gasteiger partial charge is 2.00 e. The van der Waals surface area contributed by atoms with Crippen molar-refractivity contribution < 1.29 is 25.8 Å². The first-order valence-electron chi connectivity index (χ1n) is 12.4. The number of benzene rings is 3. The fraction of sp³-hybridized carbons (Fsp3) is 0.152. The minimum atomic E-state index is 0. The van der Waals surface area contributed by atoms with E-state index >= 15 is 0 Å². The van der Waals surface area contributed by atoms with E-state index in [1.165, 1.54) is 10.9 Å². The van der Waals surface area contributed by atoms with Gasteiger partial charge in [-0.1, -0.05) is 43.0 Å². The van der Waals surface area contributed by atoms with Gasteiger partial charge >= 0.3 is 21.1 Å². The molecule has 0 N–H and O–H groups in total. The van der Waals surface area contributed by atoms with Gasteiger partial charge in [0.1, 0.15) is 5.82 Å². The van der Waals surface area contributed by atoms with Crippen LogP contribution < -0.4 is 4.74 Å². The predicted octanol–water partition coefficient (Wildman–Crippen LogP) is 8.17. The van der Waals surface area contributed by atoms with E-state index in [0.717, 1.165) is 55.6 Å². The molecule has 0 spiro atoms. The summed E-state index contributed by atoms with van der Waals surface area (Å²) in [4.78, 5) is 9.07. The summed E-state index contributed by atoms with van der Waals surface area (Å²) in [5.74, 6) is 2.08. The molecule has 0 saturated heterocycles. The Morgan fingerprint density at radius 3 is 2.18 bits per heavy atom. The summed E-state index contributed by atoms with van der Waals surface area (Å²) in [7, 11) is 0. The minimum Gasteiger partial charge on any atom is -0.460 e. The Morgan fingerprint density at radius 2 is 1.42 bits per heavy atom. The molecule has 5 heteroatoms. The molecule has 190 valence electrons. The number of aryl methyl sites for hydroxylation is 5. The standard InChI is InChI=1S/C33H27N3O.Pt/c1-20-6-7-30-28(14-20)29-17-24(5)27(19-31(29)36(30)32-15-21(2)8-10-34-32)25-12-23(4)13-26(18-25)37-33-16-22(3)9-11-35-33;/h6-17H,1-5H3;/q-2;+2. The Kier molecular flexibility index (Phi) is 6.94. The van der Waals surface area contributed by atoms with E-state index in [1.54, 1.807) is 6.20 Å². The van der Waals surface area contributed by atoms with Crippen LogP contribution in [0.4, 0.5) is 0 Å². The number of ether oxygens (including phenoxy) is 1. The average Bonchev–Trinajstić information content (AvgIpc) is 3.15. The van der Waals surface area contributed by atoms with Crippen LogP contribution in [0.5, 0.6) is 11.6 Å². The molecule has 0 aliphatic heterocycles. The van der Waals surface area contributed by atoms with E-state index in [4.69, 9.17) is 9.72 Å². The molecule has 0 saturated carbocycles. The smallest absolute Gasteiger partial charge is 0.460 e. The van der Waals surface area contributed by atoms with E-state index in [2.05, 4.69) is 85.8 Å². The molecule has 0 aliphatic rings. The van der Waals surface area contributed by atoms with Crippen molar-refractivity contribution in [2.45, 2.75) is 34.6 Å². The van der Waals surface area contributed by atoms with Crippen molar-refractivity contribution in [3.05, 3.63) is 113 Å². The van der Waals surface area contributed by atoms with Gasteiger partial charge in [-0.05, 0) is 67.1 Å². The first-order chi connectivity index (χ1) is 17.9. The molecule has 0 radical (unpaired) electrons. The summed E-state index contributed by atoms with van der Waals surface area (Å²) in [6.07, 6.45) is 3.62. The molecule has 6 aromatic rings. The first-order valence-corrected chi connectivity index (χ1v) is 12.4. The third kappa shape index (κ3) is 4.77. The number of hydrogen-bond donors (Lipinski definition) is 0. The summed E-state index contributed by atoms with van der Waals surface area (Å²) < 4.78 is 8.31. The van der Waals surface area contributed by atoms with Crippen LogP contribution in [0.2, 0.25) is 0 Å². The van der Waals surface area contributed by atoms with E-state index in [-0.39, 0.29) is 21.1 Å². The van der Waals surface area contributed by atoms with Crippen LogP contribution in [0.3, 0.4) is 0 Å². The van der Waals surface area contributed by atoms with Gasteiger partial charge in [0.15, 0.2) is 0 Å². The molecule has 0 unspecified atom stereocenters. The van der Waals surface area contributed by atoms with Crippen molar-refractivity contribution in [2.24, 2.45) is 0 Å². The Labute approximate surface area is 237 Å². The van der Waals surface area contributed by atoms with Gasteiger partial charge < -0.3 is 9.30 Å². The molecule has 0 fully saturated rings. The molecule has 4 nitrogen and oxygen atoms in total. The number of fused-ring (bicyclic) bond motifs is 3. The zero-order chi connectivity index (χ0) is 25.7. The van der Waals surface area contributed by atoms with Crippen LogP contribution in [0.15, 0.2) is 73.1 Å². The van der Waals surface area contributed by atoms with Crippen molar-refractivity contribution in [1.82, 2.24) is 14.5 Å². The molecule has 3 aromatic heterocycles. The number of pyridine rings is 2. The van der Waals surface area contributed by atoms with E-state index in [9.17, 15) is 0 Å². The molecule has 6 rings (SSSR count). The number of nitrogens with zero attached hydrogens (tertiary/aromatic N) is 3. The summed E-state index contributed by atoms with van der Waals surface area (Å²) in [6, 6.07) is 28.2. The van der Waals surface area contributed by atoms with Gasteiger partial charge in [0.05, 0.1) is 0 Å². The maximum absolute atomic E-state index is 6.10. The molecule has 38 heavy (non-hydrogen) atoms. The van der Waals surface area contributed by atoms with Crippen molar-refractivity contribution in [1.29, 1.82) is 0 Å². The topological polar surface area (TPSA) is 39.9 Å². The number of aromatic nitrogens is 3. The fourth-order valence-corrected chi connectivity index (χ4v) is 4.91. The molecule has 3 aromatic carbocycles. The predicted molar refractivity (Wildman–Crippen MR) is 150 cm³/mol. The summed E-state index contributed by atoms with van der Waals surface area (Å²) in [6.45, 7) is 10.4. The van der Waals surface area contributed by atoms with Crippen LogP contribution in [0, 0.1) is 46.8 Å². The summed E-state index contributed by atoms with van der Waals surface area (Å²) in [5.41, 5.74) is 9.75. The third-order valence-corrected chi connectivity index (χ3v) is 6.65. The second kappa shape index (κ2) is 10.2. The van der Waals surface area contributed by atoms with Crippen LogP contribution in [0.25, 0.3) is 38.8 Å². The SMILES string of the molecule is Cc1cc(Oc2cc(C)ccn2)[c-]c(-c2[c-]c3c(cc2C)c2cc(C)ccc2n3-c2cc(C)ccn2)c1.[Pt+2]. The second-order valence-corrected chi connectivity index (χ2v) is 9.85. The number of hydrogen-bond acceptors (Lipinski definition) is 3. The van der Waals surface area contributed by atoms with Crippen molar-refractivity contribution in [3.8, 4) is 28.6 Å². The van der Waals surface area contributed by atoms with Gasteiger partial charge in [0, 0.05) is 29.7 Å². The number of rotatable bonds is 4. The van der Waals surface area contributed by atoms with Gasteiger partial charge in [0.2, 0.25) is 5.88 Å². The zero-order valence-electron chi connectivity index (χ0n) is 22.0. The third-order valence-electron chi connectivity index (χ3n) is 6.65. The van der Waals surface area contributed by atoms with Crippen molar-refractivity contribution >= 4 is 21.8 Å². The average molecular weight is 677 g/mol. The second-order valence-electron chi connectivity index (χ2n) is 9.85. The molecule has 0 amide bonds. The van der Waals surface area contributed by atoms with Gasteiger partial charge in [0.25, 0.3) is 0 Å². The van der Waals surface area contributed by atoms with E-state index in [0.29, 0.717) is 11.6 Å². The van der Waals surface area contributed by atoms with Gasteiger partial charge in [-0.2, -0.15) is 17.7 Å². The van der Waals surface area contributed by atoms with E-state index in [1.807, 2.05) is 37.4 Å². The fourth-order valence-electron chi connectivity index (χ4n) is 4.91. The Hall–Kier alpha value is -3.75. The van der Waals surface area contributed by atoms with Crippen LogP contribution in [-0.2, 0) is 21.1 Å². The van der Waals surface area contributed by atoms with Gasteiger partial charge in [-0.15, -0.1) is 17.7 Å². The summed E-state index contributed by atoms with van der Waals surface area (Å²) >= 11 is 0. The maximum Gasteiger partial charge on any atom is 2.00 e. The molecule has 0 atom stereocenters. The Morgan fingerprint density at radius 1 is 0.684 bits per heavy atom. The van der Waals surface area contributed by atoms with Gasteiger partial charge in [-0.3, -0.25) is 0 Å². The molecule has 0 aliphatic carbocycles. The zero-order valence-corrected chi connectivity index (χ0v) is 24.3. The Balaban J connectivity index is 0.00000294. The molecular formula is C33H27N3OPt. The van der Waals surface area contributed by atoms with Crippen molar-refractivity contribution in [3.63, 3.8) is 0 Å². The maximum atomic E-state index is 6.10. The summed E-state index contributed by atoms with van der Waals surface area (Å²) in [5, 5.41) is 2.36. The molecular weight excluding hydrogens is 649 g/mol. The van der Waals surface area contributed by atoms with Crippen LogP contribution in [0.1, 0.15) is 27.8 Å². The first kappa shape index (κ1) is 25.9. The minimum absolute atomic E-state index is 0. The molecule has 3 heterocycles. The Bertz CT molecular complexity index is 1820. The van der Waals surface area contributed by atoms with Crippen molar-refractivity contribution in [2.75, 3.05) is 0 Å². The monoisotopic (exact) mass is 676 g/mol.